The number of nitrogens with one attached hydrogen (secondary N) is 2. The van der Waals surface area contributed by atoms with Gasteiger partial charge in [0.1, 0.15) is 0 Å². The molecular weight excluding hydrogens is 176 g/mol. The summed E-state index contributed by atoms with van der Waals surface area (Å²) in [4.78, 5) is 11.9. The minimum Gasteiger partial charge on any atom is -0.350 e. The van der Waals surface area contributed by atoms with Crippen molar-refractivity contribution >= 4 is 5.91 Å². The Hall–Kier alpha value is -0.830. The Morgan fingerprint density at radius 2 is 2.43 bits per heavy atom. The molecule has 0 spiro atoms. The Labute approximate surface area is 86.0 Å². The zero-order chi connectivity index (χ0) is 10.6. The molecule has 1 fully saturated rings. The van der Waals surface area contributed by atoms with Crippen LogP contribution in [0.5, 0.6) is 0 Å². The largest absolute Gasteiger partial charge is 0.350 e. The first kappa shape index (κ1) is 11.2. The molecule has 0 aromatic carbocycles. The van der Waals surface area contributed by atoms with Crippen LogP contribution in [0.25, 0.3) is 0 Å². The Bertz CT molecular complexity index is 219. The van der Waals surface area contributed by atoms with Crippen molar-refractivity contribution in [3.05, 3.63) is 12.7 Å². The van der Waals surface area contributed by atoms with Gasteiger partial charge >= 0.3 is 0 Å². The molecule has 2 unspecified atom stereocenters. The number of rotatable bonds is 3. The van der Waals surface area contributed by atoms with Gasteiger partial charge in [0, 0.05) is 12.6 Å². The minimum atomic E-state index is -0.241. The average molecular weight is 196 g/mol. The average Bonchev–Trinajstić information content (AvgIpc) is 2.18. The number of amides is 1. The predicted octanol–water partition coefficient (Wildman–Crippen LogP) is 1.07. The number of hydrogen-bond acceptors (Lipinski definition) is 2. The fraction of sp³-hybridized carbons (Fsp3) is 0.727. The number of carbonyl (C=O) groups excluding carboxylic acids is 1. The smallest absolute Gasteiger partial charge is 0.227 e. The monoisotopic (exact) mass is 196 g/mol. The standard InChI is InChI=1S/C11H20N2O/c1-4-9(2)13-10(14)11(3)6-5-7-12-8-11/h4,9,12H,1,5-8H2,2-3H3,(H,13,14). The van der Waals surface area contributed by atoms with Crippen molar-refractivity contribution in [2.45, 2.75) is 32.7 Å². The van der Waals surface area contributed by atoms with E-state index in [1.807, 2.05) is 13.8 Å². The third-order valence-electron chi connectivity index (χ3n) is 2.86. The second-order valence-corrected chi connectivity index (χ2v) is 4.34. The Morgan fingerprint density at radius 1 is 1.71 bits per heavy atom. The molecule has 1 amide bonds. The van der Waals surface area contributed by atoms with E-state index >= 15 is 0 Å². The molecule has 1 aliphatic rings. The summed E-state index contributed by atoms with van der Waals surface area (Å²) < 4.78 is 0. The van der Waals surface area contributed by atoms with Crippen LogP contribution >= 0.6 is 0 Å². The molecule has 1 aliphatic heterocycles. The highest BCUT2D eigenvalue weighted by atomic mass is 16.2. The van der Waals surface area contributed by atoms with Gasteiger partial charge < -0.3 is 10.6 Å². The van der Waals surface area contributed by atoms with Crippen molar-refractivity contribution < 1.29 is 4.79 Å². The first-order chi connectivity index (χ1) is 6.58. The summed E-state index contributed by atoms with van der Waals surface area (Å²) in [6.45, 7) is 9.41. The summed E-state index contributed by atoms with van der Waals surface area (Å²) in [5.41, 5.74) is -0.241. The molecule has 1 heterocycles. The van der Waals surface area contributed by atoms with Gasteiger partial charge in [-0.25, -0.2) is 0 Å². The predicted molar refractivity (Wildman–Crippen MR) is 58.0 cm³/mol. The van der Waals surface area contributed by atoms with Crippen LogP contribution in [-0.2, 0) is 4.79 Å². The lowest BCUT2D eigenvalue weighted by Gasteiger charge is -2.33. The summed E-state index contributed by atoms with van der Waals surface area (Å²) in [6.07, 6.45) is 3.79. The van der Waals surface area contributed by atoms with E-state index in [-0.39, 0.29) is 17.4 Å². The molecule has 3 nitrogen and oxygen atoms in total. The Balaban J connectivity index is 2.53. The lowest BCUT2D eigenvalue weighted by atomic mass is 9.82. The van der Waals surface area contributed by atoms with Gasteiger partial charge in [-0.3, -0.25) is 4.79 Å². The van der Waals surface area contributed by atoms with E-state index in [4.69, 9.17) is 0 Å². The van der Waals surface area contributed by atoms with Crippen molar-refractivity contribution in [1.29, 1.82) is 0 Å². The molecule has 1 rings (SSSR count). The third-order valence-corrected chi connectivity index (χ3v) is 2.86. The molecule has 1 saturated heterocycles. The van der Waals surface area contributed by atoms with Crippen LogP contribution in [0.1, 0.15) is 26.7 Å². The van der Waals surface area contributed by atoms with Gasteiger partial charge in [0.05, 0.1) is 5.41 Å². The summed E-state index contributed by atoms with van der Waals surface area (Å²) in [7, 11) is 0. The zero-order valence-electron chi connectivity index (χ0n) is 9.10. The maximum Gasteiger partial charge on any atom is 0.227 e. The van der Waals surface area contributed by atoms with Crippen molar-refractivity contribution in [2.75, 3.05) is 13.1 Å². The van der Waals surface area contributed by atoms with Crippen LogP contribution < -0.4 is 10.6 Å². The molecule has 0 aliphatic carbocycles. The highest BCUT2D eigenvalue weighted by Gasteiger charge is 2.34. The second kappa shape index (κ2) is 4.60. The summed E-state index contributed by atoms with van der Waals surface area (Å²) in [5, 5.41) is 6.20. The zero-order valence-corrected chi connectivity index (χ0v) is 9.10. The van der Waals surface area contributed by atoms with Crippen LogP contribution in [0.2, 0.25) is 0 Å². The van der Waals surface area contributed by atoms with E-state index in [2.05, 4.69) is 17.2 Å². The SMILES string of the molecule is C=CC(C)NC(=O)C1(C)CCCNC1. The highest BCUT2D eigenvalue weighted by Crippen LogP contribution is 2.25. The van der Waals surface area contributed by atoms with Crippen LogP contribution in [0.15, 0.2) is 12.7 Å². The first-order valence-electron chi connectivity index (χ1n) is 5.23. The summed E-state index contributed by atoms with van der Waals surface area (Å²) in [6, 6.07) is 0.0567. The summed E-state index contributed by atoms with van der Waals surface area (Å²) >= 11 is 0. The maximum atomic E-state index is 11.9. The van der Waals surface area contributed by atoms with E-state index in [0.717, 1.165) is 25.9 Å². The van der Waals surface area contributed by atoms with E-state index in [1.54, 1.807) is 6.08 Å². The molecule has 0 saturated carbocycles. The third kappa shape index (κ3) is 2.58. The van der Waals surface area contributed by atoms with Crippen molar-refractivity contribution in [1.82, 2.24) is 10.6 Å². The molecule has 80 valence electrons. The number of hydrogen-bond donors (Lipinski definition) is 2. The van der Waals surface area contributed by atoms with Gasteiger partial charge in [-0.15, -0.1) is 6.58 Å². The maximum absolute atomic E-state index is 11.9. The molecule has 3 heteroatoms. The van der Waals surface area contributed by atoms with Gasteiger partial charge in [-0.2, -0.15) is 0 Å². The fourth-order valence-electron chi connectivity index (χ4n) is 1.69. The normalized spacial score (nSPS) is 29.3. The quantitative estimate of drug-likeness (QED) is 0.663. The fourth-order valence-corrected chi connectivity index (χ4v) is 1.69. The molecular formula is C11H20N2O. The second-order valence-electron chi connectivity index (χ2n) is 4.34. The molecule has 0 aromatic rings. The van der Waals surface area contributed by atoms with E-state index in [9.17, 15) is 4.79 Å². The van der Waals surface area contributed by atoms with Crippen molar-refractivity contribution in [3.8, 4) is 0 Å². The van der Waals surface area contributed by atoms with Gasteiger partial charge in [0.15, 0.2) is 0 Å². The Morgan fingerprint density at radius 3 is 2.93 bits per heavy atom. The topological polar surface area (TPSA) is 41.1 Å². The van der Waals surface area contributed by atoms with Crippen LogP contribution in [0.4, 0.5) is 0 Å². The van der Waals surface area contributed by atoms with Gasteiger partial charge in [-0.1, -0.05) is 6.08 Å². The van der Waals surface area contributed by atoms with Crippen molar-refractivity contribution in [3.63, 3.8) is 0 Å². The van der Waals surface area contributed by atoms with E-state index in [0.29, 0.717) is 0 Å². The molecule has 2 atom stereocenters. The van der Waals surface area contributed by atoms with E-state index < -0.39 is 0 Å². The van der Waals surface area contributed by atoms with Crippen LogP contribution in [0.3, 0.4) is 0 Å². The molecule has 14 heavy (non-hydrogen) atoms. The lowest BCUT2D eigenvalue weighted by Crippen LogP contribution is -2.50. The van der Waals surface area contributed by atoms with Gasteiger partial charge in [0.25, 0.3) is 0 Å². The number of carbonyl (C=O) groups is 1. The van der Waals surface area contributed by atoms with Gasteiger partial charge in [0.2, 0.25) is 5.91 Å². The highest BCUT2D eigenvalue weighted by molar-refractivity contribution is 5.83. The lowest BCUT2D eigenvalue weighted by molar-refractivity contribution is -0.131. The molecule has 0 aromatic heterocycles. The van der Waals surface area contributed by atoms with Crippen molar-refractivity contribution in [2.24, 2.45) is 5.41 Å². The van der Waals surface area contributed by atoms with Crippen LogP contribution in [0, 0.1) is 5.41 Å². The summed E-state index contributed by atoms with van der Waals surface area (Å²) in [5.74, 6) is 0.136. The van der Waals surface area contributed by atoms with Crippen LogP contribution in [-0.4, -0.2) is 25.0 Å². The molecule has 2 N–H and O–H groups in total. The molecule has 0 bridgehead atoms. The first-order valence-corrected chi connectivity index (χ1v) is 5.23. The minimum absolute atomic E-state index is 0.0567. The Kier molecular flexibility index (Phi) is 3.69. The molecule has 0 radical (unpaired) electrons. The number of piperidine rings is 1. The van der Waals surface area contributed by atoms with E-state index in [1.165, 1.54) is 0 Å². The van der Waals surface area contributed by atoms with Gasteiger partial charge in [-0.05, 0) is 33.2 Å².